The van der Waals surface area contributed by atoms with Crippen molar-refractivity contribution in [3.8, 4) is 17.0 Å². The van der Waals surface area contributed by atoms with Gasteiger partial charge in [-0.25, -0.2) is 18.2 Å². The molecule has 1 fully saturated rings. The summed E-state index contributed by atoms with van der Waals surface area (Å²) in [5, 5.41) is 5.62. The zero-order valence-electron chi connectivity index (χ0n) is 17.0. The topological polar surface area (TPSA) is 59.1 Å². The number of aromatic nitrogens is 2. The predicted octanol–water partition coefficient (Wildman–Crippen LogP) is 6.56. The summed E-state index contributed by atoms with van der Waals surface area (Å²) in [6.07, 6.45) is -1.07. The maximum Gasteiger partial charge on any atom is 0.573 e. The largest absolute Gasteiger partial charge is 0.573 e. The van der Waals surface area contributed by atoms with Crippen molar-refractivity contribution in [2.24, 2.45) is 0 Å². The summed E-state index contributed by atoms with van der Waals surface area (Å²) >= 11 is 0. The predicted molar refractivity (Wildman–Crippen MR) is 110 cm³/mol. The van der Waals surface area contributed by atoms with Crippen LogP contribution in [0.15, 0.2) is 42.5 Å². The minimum atomic E-state index is -4.87. The Morgan fingerprint density at radius 2 is 1.61 bits per heavy atom. The van der Waals surface area contributed by atoms with Gasteiger partial charge in [-0.1, -0.05) is 25.0 Å². The van der Waals surface area contributed by atoms with Gasteiger partial charge in [0.1, 0.15) is 23.1 Å². The first-order chi connectivity index (χ1) is 15.7. The maximum absolute atomic E-state index is 14.1. The number of anilines is 3. The molecule has 0 radical (unpaired) electrons. The van der Waals surface area contributed by atoms with E-state index in [1.165, 1.54) is 18.2 Å². The molecule has 33 heavy (non-hydrogen) atoms. The first kappa shape index (κ1) is 22.7. The molecular formula is C22H18F6N4O. The van der Waals surface area contributed by atoms with Gasteiger partial charge in [-0.05, 0) is 25.0 Å². The third-order valence-corrected chi connectivity index (χ3v) is 5.04. The first-order valence-electron chi connectivity index (χ1n) is 10.1. The molecule has 174 valence electrons. The van der Waals surface area contributed by atoms with E-state index in [1.807, 2.05) is 0 Å². The highest BCUT2D eigenvalue weighted by Crippen LogP contribution is 2.31. The minimum absolute atomic E-state index is 0.0351. The molecule has 0 unspecified atom stereocenters. The van der Waals surface area contributed by atoms with Crippen molar-refractivity contribution >= 4 is 17.5 Å². The van der Waals surface area contributed by atoms with Crippen LogP contribution in [0.2, 0.25) is 0 Å². The van der Waals surface area contributed by atoms with Gasteiger partial charge in [-0.2, -0.15) is 4.98 Å². The molecule has 1 saturated carbocycles. The van der Waals surface area contributed by atoms with E-state index in [2.05, 4.69) is 25.3 Å². The van der Waals surface area contributed by atoms with E-state index in [4.69, 9.17) is 0 Å². The van der Waals surface area contributed by atoms with E-state index >= 15 is 0 Å². The van der Waals surface area contributed by atoms with Gasteiger partial charge in [0.2, 0.25) is 5.95 Å². The summed E-state index contributed by atoms with van der Waals surface area (Å²) in [5.41, 5.74) is -0.178. The Hall–Kier alpha value is -3.50. The van der Waals surface area contributed by atoms with E-state index < -0.39 is 35.3 Å². The molecule has 5 nitrogen and oxygen atoms in total. The zero-order chi connectivity index (χ0) is 23.6. The summed E-state index contributed by atoms with van der Waals surface area (Å²) in [6.45, 7) is 0. The van der Waals surface area contributed by atoms with Crippen molar-refractivity contribution in [1.82, 2.24) is 9.97 Å². The summed E-state index contributed by atoms with van der Waals surface area (Å²) in [4.78, 5) is 8.59. The van der Waals surface area contributed by atoms with Crippen molar-refractivity contribution in [2.45, 2.75) is 38.1 Å². The van der Waals surface area contributed by atoms with Crippen LogP contribution in [0.4, 0.5) is 43.8 Å². The van der Waals surface area contributed by atoms with Crippen LogP contribution in [0, 0.1) is 17.5 Å². The van der Waals surface area contributed by atoms with Crippen LogP contribution in [0.5, 0.6) is 5.75 Å². The normalized spacial score (nSPS) is 14.4. The van der Waals surface area contributed by atoms with E-state index in [-0.39, 0.29) is 29.1 Å². The fraction of sp³-hybridized carbons (Fsp3) is 0.273. The Kier molecular flexibility index (Phi) is 6.30. The van der Waals surface area contributed by atoms with Gasteiger partial charge in [-0.3, -0.25) is 0 Å². The molecule has 0 atom stereocenters. The summed E-state index contributed by atoms with van der Waals surface area (Å²) in [6, 6.07) is 7.58. The van der Waals surface area contributed by atoms with Gasteiger partial charge >= 0.3 is 6.36 Å². The molecule has 2 aromatic carbocycles. The SMILES string of the molecule is Fc1cc(F)c(Nc2cc(-c3cccc(OC(F)(F)F)c3)nc(NC3CCCC3)n2)c(F)c1. The fourth-order valence-electron chi connectivity index (χ4n) is 3.62. The van der Waals surface area contributed by atoms with E-state index in [9.17, 15) is 26.3 Å². The molecule has 4 rings (SSSR count). The van der Waals surface area contributed by atoms with Crippen molar-refractivity contribution in [2.75, 3.05) is 10.6 Å². The van der Waals surface area contributed by atoms with E-state index in [1.54, 1.807) is 0 Å². The third-order valence-electron chi connectivity index (χ3n) is 5.04. The molecule has 1 heterocycles. The number of halogens is 6. The molecule has 0 amide bonds. The Balaban J connectivity index is 1.72. The fourth-order valence-corrected chi connectivity index (χ4v) is 3.62. The molecule has 0 spiro atoms. The van der Waals surface area contributed by atoms with Crippen LogP contribution in [-0.2, 0) is 0 Å². The molecular weight excluding hydrogens is 450 g/mol. The summed E-state index contributed by atoms with van der Waals surface area (Å²) in [5.74, 6) is -3.77. The Bertz CT molecular complexity index is 1120. The molecule has 2 N–H and O–H groups in total. The molecule has 1 aliphatic rings. The van der Waals surface area contributed by atoms with Gasteiger partial charge in [-0.15, -0.1) is 13.2 Å². The molecule has 1 aliphatic carbocycles. The number of rotatable bonds is 6. The minimum Gasteiger partial charge on any atom is -0.406 e. The van der Waals surface area contributed by atoms with Crippen LogP contribution < -0.4 is 15.4 Å². The van der Waals surface area contributed by atoms with Crippen LogP contribution in [0.3, 0.4) is 0 Å². The summed E-state index contributed by atoms with van der Waals surface area (Å²) in [7, 11) is 0. The van der Waals surface area contributed by atoms with Crippen LogP contribution in [0.1, 0.15) is 25.7 Å². The van der Waals surface area contributed by atoms with Crippen molar-refractivity contribution in [3.63, 3.8) is 0 Å². The lowest BCUT2D eigenvalue weighted by atomic mass is 10.1. The summed E-state index contributed by atoms with van der Waals surface area (Å²) < 4.78 is 83.3. The van der Waals surface area contributed by atoms with Gasteiger partial charge in [0.25, 0.3) is 0 Å². The van der Waals surface area contributed by atoms with Crippen molar-refractivity contribution in [1.29, 1.82) is 0 Å². The molecule has 0 bridgehead atoms. The van der Waals surface area contributed by atoms with Gasteiger partial charge < -0.3 is 15.4 Å². The average Bonchev–Trinajstić information content (AvgIpc) is 3.22. The smallest absolute Gasteiger partial charge is 0.406 e. The second-order valence-electron chi connectivity index (χ2n) is 7.53. The molecule has 11 heteroatoms. The highest BCUT2D eigenvalue weighted by molar-refractivity contribution is 5.68. The van der Waals surface area contributed by atoms with E-state index in [0.717, 1.165) is 37.8 Å². The van der Waals surface area contributed by atoms with Crippen LogP contribution in [-0.4, -0.2) is 22.4 Å². The number of ether oxygens (including phenoxy) is 1. The van der Waals surface area contributed by atoms with Crippen molar-refractivity contribution in [3.05, 3.63) is 59.9 Å². The van der Waals surface area contributed by atoms with Gasteiger partial charge in [0.15, 0.2) is 11.6 Å². The Morgan fingerprint density at radius 1 is 0.909 bits per heavy atom. The van der Waals surface area contributed by atoms with Gasteiger partial charge in [0, 0.05) is 29.8 Å². The number of benzene rings is 2. The average molecular weight is 468 g/mol. The lowest BCUT2D eigenvalue weighted by Crippen LogP contribution is -2.17. The molecule has 1 aromatic heterocycles. The number of hydrogen-bond acceptors (Lipinski definition) is 5. The lowest BCUT2D eigenvalue weighted by molar-refractivity contribution is -0.274. The third kappa shape index (κ3) is 5.85. The van der Waals surface area contributed by atoms with E-state index in [0.29, 0.717) is 12.1 Å². The van der Waals surface area contributed by atoms with Crippen molar-refractivity contribution < 1.29 is 31.1 Å². The monoisotopic (exact) mass is 468 g/mol. The zero-order valence-corrected chi connectivity index (χ0v) is 17.0. The molecule has 0 aliphatic heterocycles. The maximum atomic E-state index is 14.1. The number of alkyl halides is 3. The van der Waals surface area contributed by atoms with Gasteiger partial charge in [0.05, 0.1) is 5.69 Å². The number of nitrogens with one attached hydrogen (secondary N) is 2. The Labute approximate surface area is 184 Å². The second kappa shape index (κ2) is 9.16. The number of nitrogens with zero attached hydrogens (tertiary/aromatic N) is 2. The quantitative estimate of drug-likeness (QED) is 0.402. The van der Waals surface area contributed by atoms with Crippen LogP contribution in [0.25, 0.3) is 11.3 Å². The highest BCUT2D eigenvalue weighted by atomic mass is 19.4. The molecule has 3 aromatic rings. The highest BCUT2D eigenvalue weighted by Gasteiger charge is 2.31. The molecule has 0 saturated heterocycles. The standard InChI is InChI=1S/C22H18F6N4O/c23-13-9-16(24)20(17(25)10-13)31-19-11-18(30-21(32-19)29-14-5-1-2-6-14)12-4-3-7-15(8-12)33-22(26,27)28/h3-4,7-11,14H,1-2,5-6H2,(H2,29,30,31,32). The lowest BCUT2D eigenvalue weighted by Gasteiger charge is -2.16. The Morgan fingerprint density at radius 3 is 2.27 bits per heavy atom. The second-order valence-corrected chi connectivity index (χ2v) is 7.53. The first-order valence-corrected chi connectivity index (χ1v) is 10.1. The van der Waals surface area contributed by atoms with Crippen LogP contribution >= 0.6 is 0 Å². The number of hydrogen-bond donors (Lipinski definition) is 2.